The maximum Gasteiger partial charge on any atom is 0.313 e. The minimum atomic E-state index is -0.550. The first kappa shape index (κ1) is 35.6. The number of esters is 1. The number of Topliss-reactive ketones (excluding diaryl/α,β-unsaturated/α-hetero) is 2. The summed E-state index contributed by atoms with van der Waals surface area (Å²) in [4.78, 5) is 49.9. The summed E-state index contributed by atoms with van der Waals surface area (Å²) >= 11 is 0. The zero-order valence-electron chi connectivity index (χ0n) is 29.1. The standard InChI is InChI=1S/C38H55N3O5/c1-24-34-27-21-29(31(43)11-9-17-38(5,6)7)30(22-27)35(34)36(41-40-24)26-14-12-25(13-15-26)20-32(44)39-18-19-46-33(45)23-28(42)10-8-16-37(2,3)4/h12-15,27,29-30,35,40H,8-11,16-23H2,1-7H3,(H,39,44). The van der Waals surface area contributed by atoms with E-state index in [9.17, 15) is 19.2 Å². The molecule has 1 aromatic rings. The highest BCUT2D eigenvalue weighted by molar-refractivity contribution is 6.05. The number of nitrogens with zero attached hydrogens (tertiary/aromatic N) is 1. The van der Waals surface area contributed by atoms with Gasteiger partial charge in [0.25, 0.3) is 0 Å². The SMILES string of the molecule is CC1=C2C3CC(C(=O)CCCC(C)(C)C)C(C3)C2C(c2ccc(CC(=O)NCCOC(=O)CC(=O)CCCC(C)(C)C)cc2)=NN1. The number of carbonyl (C=O) groups is 4. The molecule has 3 aliphatic rings. The first-order valence-corrected chi connectivity index (χ1v) is 17.2. The summed E-state index contributed by atoms with van der Waals surface area (Å²) in [6.07, 6.45) is 6.72. The molecule has 2 saturated carbocycles. The molecule has 8 nitrogen and oxygen atoms in total. The van der Waals surface area contributed by atoms with E-state index in [1.807, 2.05) is 24.3 Å². The number of allylic oxidation sites excluding steroid dienone is 2. The van der Waals surface area contributed by atoms with Gasteiger partial charge in [0.2, 0.25) is 5.91 Å². The number of hydrogen-bond donors (Lipinski definition) is 2. The zero-order valence-corrected chi connectivity index (χ0v) is 29.1. The monoisotopic (exact) mass is 633 g/mol. The van der Waals surface area contributed by atoms with Gasteiger partial charge < -0.3 is 10.1 Å². The molecular formula is C38H55N3O5. The molecule has 4 rings (SSSR count). The van der Waals surface area contributed by atoms with Crippen LogP contribution >= 0.6 is 0 Å². The lowest BCUT2D eigenvalue weighted by Crippen LogP contribution is -2.37. The van der Waals surface area contributed by atoms with Gasteiger partial charge in [-0.25, -0.2) is 0 Å². The number of ketones is 2. The number of nitrogens with one attached hydrogen (secondary N) is 2. The van der Waals surface area contributed by atoms with E-state index < -0.39 is 5.97 Å². The Balaban J connectivity index is 1.23. The van der Waals surface area contributed by atoms with Gasteiger partial charge >= 0.3 is 5.97 Å². The van der Waals surface area contributed by atoms with Crippen LogP contribution in [0.2, 0.25) is 0 Å². The number of carbonyl (C=O) groups excluding carboxylic acids is 4. The largest absolute Gasteiger partial charge is 0.463 e. The molecule has 1 amide bonds. The highest BCUT2D eigenvalue weighted by atomic mass is 16.5. The highest BCUT2D eigenvalue weighted by Crippen LogP contribution is 2.58. The molecule has 252 valence electrons. The number of fused-ring (bicyclic) bond motifs is 5. The summed E-state index contributed by atoms with van der Waals surface area (Å²) in [7, 11) is 0. The van der Waals surface area contributed by atoms with Crippen LogP contribution in [0.25, 0.3) is 0 Å². The molecule has 4 atom stereocenters. The van der Waals surface area contributed by atoms with E-state index in [0.717, 1.165) is 61.1 Å². The van der Waals surface area contributed by atoms with Crippen molar-refractivity contribution in [3.63, 3.8) is 0 Å². The molecule has 8 heteroatoms. The summed E-state index contributed by atoms with van der Waals surface area (Å²) in [5.41, 5.74) is 9.08. The summed E-state index contributed by atoms with van der Waals surface area (Å²) in [6, 6.07) is 7.95. The van der Waals surface area contributed by atoms with E-state index in [1.165, 1.54) is 5.57 Å². The molecule has 0 spiro atoms. The number of amides is 1. The fourth-order valence-electron chi connectivity index (χ4n) is 7.45. The first-order chi connectivity index (χ1) is 21.6. The highest BCUT2D eigenvalue weighted by Gasteiger charge is 2.54. The maximum absolute atomic E-state index is 13.4. The van der Waals surface area contributed by atoms with E-state index in [2.05, 4.69) is 59.2 Å². The Morgan fingerprint density at radius 3 is 2.24 bits per heavy atom. The van der Waals surface area contributed by atoms with E-state index in [4.69, 9.17) is 9.84 Å². The number of ether oxygens (including phenoxy) is 1. The van der Waals surface area contributed by atoms with Crippen molar-refractivity contribution in [1.29, 1.82) is 0 Å². The van der Waals surface area contributed by atoms with E-state index in [0.29, 0.717) is 30.5 Å². The van der Waals surface area contributed by atoms with Crippen LogP contribution in [0.15, 0.2) is 40.6 Å². The number of benzene rings is 1. The van der Waals surface area contributed by atoms with Crippen LogP contribution in [0.5, 0.6) is 0 Å². The molecule has 0 aromatic heterocycles. The van der Waals surface area contributed by atoms with Crippen molar-refractivity contribution in [2.45, 2.75) is 113 Å². The van der Waals surface area contributed by atoms with Crippen molar-refractivity contribution in [3.05, 3.63) is 46.7 Å². The van der Waals surface area contributed by atoms with Gasteiger partial charge in [0.15, 0.2) is 0 Å². The minimum absolute atomic E-state index is 0.0323. The smallest absolute Gasteiger partial charge is 0.313 e. The van der Waals surface area contributed by atoms with E-state index in [-0.39, 0.29) is 60.3 Å². The third-order valence-electron chi connectivity index (χ3n) is 9.68. The lowest BCUT2D eigenvalue weighted by Gasteiger charge is -2.35. The Bertz CT molecular complexity index is 1350. The van der Waals surface area contributed by atoms with Crippen molar-refractivity contribution in [1.82, 2.24) is 10.7 Å². The van der Waals surface area contributed by atoms with Gasteiger partial charge in [-0.2, -0.15) is 5.10 Å². The van der Waals surface area contributed by atoms with Gasteiger partial charge in [-0.15, -0.1) is 0 Å². The van der Waals surface area contributed by atoms with Gasteiger partial charge in [0.05, 0.1) is 18.7 Å². The first-order valence-electron chi connectivity index (χ1n) is 17.2. The Labute approximate surface area is 275 Å². The normalized spacial score (nSPS) is 22.2. The molecule has 46 heavy (non-hydrogen) atoms. The molecule has 0 radical (unpaired) electrons. The lowest BCUT2D eigenvalue weighted by atomic mass is 9.70. The number of rotatable bonds is 15. The van der Waals surface area contributed by atoms with Crippen LogP contribution in [-0.4, -0.2) is 42.3 Å². The predicted octanol–water partition coefficient (Wildman–Crippen LogP) is 6.70. The van der Waals surface area contributed by atoms with E-state index in [1.54, 1.807) is 0 Å². The molecule has 2 bridgehead atoms. The second kappa shape index (κ2) is 15.1. The molecule has 4 unspecified atom stereocenters. The average Bonchev–Trinajstić information content (AvgIpc) is 3.55. The zero-order chi connectivity index (χ0) is 33.6. The number of hydrazone groups is 1. The number of hydrogen-bond acceptors (Lipinski definition) is 7. The summed E-state index contributed by atoms with van der Waals surface area (Å²) in [6.45, 7) is 15.4. The van der Waals surface area contributed by atoms with Gasteiger partial charge in [-0.3, -0.25) is 24.6 Å². The predicted molar refractivity (Wildman–Crippen MR) is 181 cm³/mol. The Kier molecular flexibility index (Phi) is 11.7. The van der Waals surface area contributed by atoms with Crippen LogP contribution in [0.1, 0.15) is 117 Å². The molecule has 0 saturated heterocycles. The molecule has 1 aliphatic heterocycles. The molecule has 2 fully saturated rings. The van der Waals surface area contributed by atoms with Gasteiger partial charge in [-0.1, -0.05) is 65.8 Å². The van der Waals surface area contributed by atoms with Crippen LogP contribution in [0.4, 0.5) is 0 Å². The van der Waals surface area contributed by atoms with Crippen molar-refractivity contribution in [3.8, 4) is 0 Å². The van der Waals surface area contributed by atoms with Gasteiger partial charge in [0.1, 0.15) is 24.6 Å². The molecule has 1 aromatic carbocycles. The second-order valence-corrected chi connectivity index (χ2v) is 16.1. The van der Waals surface area contributed by atoms with Crippen LogP contribution in [0.3, 0.4) is 0 Å². The topological polar surface area (TPSA) is 114 Å². The van der Waals surface area contributed by atoms with Crippen molar-refractivity contribution in [2.24, 2.45) is 39.6 Å². The molecule has 1 heterocycles. The van der Waals surface area contributed by atoms with Crippen molar-refractivity contribution >= 4 is 29.2 Å². The molecular weight excluding hydrogens is 578 g/mol. The average molecular weight is 634 g/mol. The van der Waals surface area contributed by atoms with Gasteiger partial charge in [0, 0.05) is 30.4 Å². The Hall–Kier alpha value is -3.29. The summed E-state index contributed by atoms with van der Waals surface area (Å²) < 4.78 is 5.14. The molecule has 2 aliphatic carbocycles. The van der Waals surface area contributed by atoms with Crippen LogP contribution < -0.4 is 10.7 Å². The Morgan fingerprint density at radius 2 is 1.59 bits per heavy atom. The lowest BCUT2D eigenvalue weighted by molar-refractivity contribution is -0.146. The fraction of sp³-hybridized carbons (Fsp3) is 0.658. The minimum Gasteiger partial charge on any atom is -0.463 e. The third kappa shape index (κ3) is 9.85. The second-order valence-electron chi connectivity index (χ2n) is 16.1. The van der Waals surface area contributed by atoms with Gasteiger partial charge in [-0.05, 0) is 84.8 Å². The maximum atomic E-state index is 13.4. The van der Waals surface area contributed by atoms with Crippen LogP contribution in [-0.2, 0) is 30.3 Å². The summed E-state index contributed by atoms with van der Waals surface area (Å²) in [5.74, 6) is 0.589. The third-order valence-corrected chi connectivity index (χ3v) is 9.68. The fourth-order valence-corrected chi connectivity index (χ4v) is 7.45. The molecule has 2 N–H and O–H groups in total. The van der Waals surface area contributed by atoms with Crippen molar-refractivity contribution in [2.75, 3.05) is 13.2 Å². The summed E-state index contributed by atoms with van der Waals surface area (Å²) in [5, 5.41) is 7.57. The Morgan fingerprint density at radius 1 is 0.935 bits per heavy atom. The van der Waals surface area contributed by atoms with Crippen LogP contribution in [0, 0.1) is 34.5 Å². The van der Waals surface area contributed by atoms with E-state index >= 15 is 0 Å². The quantitative estimate of drug-likeness (QED) is 0.126. The van der Waals surface area contributed by atoms with Crippen molar-refractivity contribution < 1.29 is 23.9 Å².